The van der Waals surface area contributed by atoms with Crippen molar-refractivity contribution in [1.29, 1.82) is 0 Å². The first-order valence-corrected chi connectivity index (χ1v) is 6.43. The van der Waals surface area contributed by atoms with Crippen LogP contribution >= 0.6 is 0 Å². The molecule has 22 heavy (non-hydrogen) atoms. The summed E-state index contributed by atoms with van der Waals surface area (Å²) in [6.07, 6.45) is 2.43. The molecule has 0 aliphatic carbocycles. The maximum absolute atomic E-state index is 11.9. The van der Waals surface area contributed by atoms with Gasteiger partial charge in [0.05, 0.1) is 12.8 Å². The second kappa shape index (κ2) is 10.3. The summed E-state index contributed by atoms with van der Waals surface area (Å²) < 4.78 is 14.1. The van der Waals surface area contributed by atoms with Gasteiger partial charge in [0.1, 0.15) is 19.8 Å². The SMILES string of the molecule is C=CCOC(=O)CC(O)(CC(=O)OCC=C)C(=O)OCC=C. The highest BCUT2D eigenvalue weighted by Gasteiger charge is 2.43. The summed E-state index contributed by atoms with van der Waals surface area (Å²) in [7, 11) is 0. The second-order valence-corrected chi connectivity index (χ2v) is 4.22. The Kier molecular flexibility index (Phi) is 9.20. The van der Waals surface area contributed by atoms with Gasteiger partial charge in [-0.2, -0.15) is 0 Å². The Hall–Kier alpha value is -2.41. The molecular formula is C15H20O7. The summed E-state index contributed by atoms with van der Waals surface area (Å²) in [5, 5.41) is 10.3. The van der Waals surface area contributed by atoms with Crippen molar-refractivity contribution in [2.24, 2.45) is 0 Å². The van der Waals surface area contributed by atoms with Crippen LogP contribution in [-0.4, -0.2) is 48.4 Å². The first kappa shape index (κ1) is 19.6. The average Bonchev–Trinajstić information content (AvgIpc) is 2.48. The van der Waals surface area contributed by atoms with Gasteiger partial charge in [-0.25, -0.2) is 4.79 Å². The summed E-state index contributed by atoms with van der Waals surface area (Å²) >= 11 is 0. The van der Waals surface area contributed by atoms with Gasteiger partial charge in [0, 0.05) is 0 Å². The fourth-order valence-electron chi connectivity index (χ4n) is 1.36. The molecule has 0 aromatic heterocycles. The summed E-state index contributed by atoms with van der Waals surface area (Å²) in [6.45, 7) is 9.73. The molecular weight excluding hydrogens is 292 g/mol. The zero-order valence-corrected chi connectivity index (χ0v) is 12.3. The molecule has 0 amide bonds. The Bertz CT molecular complexity index is 413. The molecule has 0 unspecified atom stereocenters. The number of hydrogen-bond donors (Lipinski definition) is 1. The van der Waals surface area contributed by atoms with Crippen molar-refractivity contribution < 1.29 is 33.7 Å². The van der Waals surface area contributed by atoms with Gasteiger partial charge < -0.3 is 19.3 Å². The Labute approximate surface area is 128 Å². The molecule has 7 heteroatoms. The van der Waals surface area contributed by atoms with E-state index >= 15 is 0 Å². The molecule has 7 nitrogen and oxygen atoms in total. The van der Waals surface area contributed by atoms with Crippen LogP contribution in [0, 0.1) is 0 Å². The van der Waals surface area contributed by atoms with Gasteiger partial charge in [0.15, 0.2) is 5.60 Å². The lowest BCUT2D eigenvalue weighted by atomic mass is 9.95. The molecule has 0 aromatic carbocycles. The third-order valence-electron chi connectivity index (χ3n) is 2.31. The van der Waals surface area contributed by atoms with E-state index in [0.29, 0.717) is 0 Å². The average molecular weight is 312 g/mol. The molecule has 0 aliphatic rings. The van der Waals surface area contributed by atoms with E-state index in [9.17, 15) is 19.5 Å². The fourth-order valence-corrected chi connectivity index (χ4v) is 1.36. The van der Waals surface area contributed by atoms with Crippen LogP contribution in [0.25, 0.3) is 0 Å². The second-order valence-electron chi connectivity index (χ2n) is 4.22. The predicted molar refractivity (Wildman–Crippen MR) is 77.7 cm³/mol. The highest BCUT2D eigenvalue weighted by molar-refractivity contribution is 5.90. The van der Waals surface area contributed by atoms with Crippen molar-refractivity contribution in [3.63, 3.8) is 0 Å². The van der Waals surface area contributed by atoms with Crippen LogP contribution in [0.2, 0.25) is 0 Å². The van der Waals surface area contributed by atoms with Crippen LogP contribution in [0.15, 0.2) is 38.0 Å². The highest BCUT2D eigenvalue weighted by atomic mass is 16.6. The number of carbonyl (C=O) groups excluding carboxylic acids is 3. The largest absolute Gasteiger partial charge is 0.461 e. The first-order valence-electron chi connectivity index (χ1n) is 6.43. The van der Waals surface area contributed by atoms with Gasteiger partial charge in [-0.05, 0) is 0 Å². The molecule has 0 aliphatic heterocycles. The summed E-state index contributed by atoms with van der Waals surface area (Å²) in [6, 6.07) is 0. The maximum Gasteiger partial charge on any atom is 0.339 e. The number of hydrogen-bond acceptors (Lipinski definition) is 7. The van der Waals surface area contributed by atoms with E-state index in [1.165, 1.54) is 18.2 Å². The molecule has 0 aromatic rings. The molecule has 0 fully saturated rings. The van der Waals surface area contributed by atoms with Gasteiger partial charge >= 0.3 is 17.9 Å². The monoisotopic (exact) mass is 312 g/mol. The van der Waals surface area contributed by atoms with E-state index in [-0.39, 0.29) is 19.8 Å². The van der Waals surface area contributed by atoms with Crippen LogP contribution in [0.4, 0.5) is 0 Å². The van der Waals surface area contributed by atoms with Crippen molar-refractivity contribution in [3.8, 4) is 0 Å². The number of ether oxygens (including phenoxy) is 3. The van der Waals surface area contributed by atoms with Crippen molar-refractivity contribution in [2.45, 2.75) is 18.4 Å². The van der Waals surface area contributed by atoms with Gasteiger partial charge in [0.2, 0.25) is 0 Å². The molecule has 1 N–H and O–H groups in total. The third-order valence-corrected chi connectivity index (χ3v) is 2.31. The zero-order chi connectivity index (χ0) is 17.0. The quantitative estimate of drug-likeness (QED) is 0.340. The molecule has 0 saturated carbocycles. The normalized spacial score (nSPS) is 10.2. The van der Waals surface area contributed by atoms with Gasteiger partial charge in [-0.1, -0.05) is 38.0 Å². The van der Waals surface area contributed by atoms with E-state index in [4.69, 9.17) is 14.2 Å². The molecule has 122 valence electrons. The fraction of sp³-hybridized carbons (Fsp3) is 0.400. The number of rotatable bonds is 11. The minimum Gasteiger partial charge on any atom is -0.461 e. The Balaban J connectivity index is 4.93. The van der Waals surface area contributed by atoms with Gasteiger partial charge in [-0.3, -0.25) is 9.59 Å². The standard InChI is InChI=1S/C15H20O7/c1-4-7-20-12(16)10-15(19,14(18)22-9-6-3)11-13(17)21-8-5-2/h4-6,19H,1-3,7-11H2. The molecule has 0 bridgehead atoms. The zero-order valence-electron chi connectivity index (χ0n) is 12.3. The molecule has 0 atom stereocenters. The smallest absolute Gasteiger partial charge is 0.339 e. The third kappa shape index (κ3) is 7.39. The molecule has 0 saturated heterocycles. The van der Waals surface area contributed by atoms with Crippen LogP contribution < -0.4 is 0 Å². The maximum atomic E-state index is 11.9. The lowest BCUT2D eigenvalue weighted by molar-refractivity contribution is -0.176. The number of esters is 3. The minimum atomic E-state index is -2.38. The lowest BCUT2D eigenvalue weighted by Gasteiger charge is -2.23. The van der Waals surface area contributed by atoms with Crippen molar-refractivity contribution in [2.75, 3.05) is 19.8 Å². The van der Waals surface area contributed by atoms with E-state index in [1.54, 1.807) is 0 Å². The van der Waals surface area contributed by atoms with Crippen molar-refractivity contribution in [1.82, 2.24) is 0 Å². The van der Waals surface area contributed by atoms with E-state index in [1.807, 2.05) is 0 Å². The molecule has 0 radical (unpaired) electrons. The van der Waals surface area contributed by atoms with Crippen molar-refractivity contribution >= 4 is 17.9 Å². The molecule has 0 spiro atoms. The lowest BCUT2D eigenvalue weighted by Crippen LogP contribution is -2.44. The van der Waals surface area contributed by atoms with Crippen LogP contribution in [0.1, 0.15) is 12.8 Å². The summed E-state index contributed by atoms with van der Waals surface area (Å²) in [5.41, 5.74) is -2.38. The minimum absolute atomic E-state index is 0.0858. The Morgan fingerprint density at radius 2 is 1.18 bits per heavy atom. The van der Waals surface area contributed by atoms with Crippen molar-refractivity contribution in [3.05, 3.63) is 38.0 Å². The van der Waals surface area contributed by atoms with E-state index in [0.717, 1.165) is 0 Å². The highest BCUT2D eigenvalue weighted by Crippen LogP contribution is 2.20. The van der Waals surface area contributed by atoms with E-state index in [2.05, 4.69) is 19.7 Å². The summed E-state index contributed by atoms with van der Waals surface area (Å²) in [4.78, 5) is 35.0. The van der Waals surface area contributed by atoms with Crippen LogP contribution in [-0.2, 0) is 28.6 Å². The topological polar surface area (TPSA) is 99.1 Å². The molecule has 0 heterocycles. The van der Waals surface area contributed by atoms with Gasteiger partial charge in [-0.15, -0.1) is 0 Å². The van der Waals surface area contributed by atoms with Crippen LogP contribution in [0.3, 0.4) is 0 Å². The predicted octanol–water partition coefficient (Wildman–Crippen LogP) is 0.685. The number of carbonyl (C=O) groups is 3. The van der Waals surface area contributed by atoms with Gasteiger partial charge in [0.25, 0.3) is 0 Å². The van der Waals surface area contributed by atoms with E-state index < -0.39 is 36.4 Å². The summed E-state index contributed by atoms with van der Waals surface area (Å²) in [5.74, 6) is -2.90. The number of aliphatic hydroxyl groups is 1. The molecule has 0 rings (SSSR count). The Morgan fingerprint density at radius 3 is 1.55 bits per heavy atom. The Morgan fingerprint density at radius 1 is 0.818 bits per heavy atom. The first-order chi connectivity index (χ1) is 10.4. The van der Waals surface area contributed by atoms with Crippen LogP contribution in [0.5, 0.6) is 0 Å².